The van der Waals surface area contributed by atoms with E-state index in [4.69, 9.17) is 6.42 Å². The van der Waals surface area contributed by atoms with E-state index in [1.165, 1.54) is 0 Å². The zero-order valence-corrected chi connectivity index (χ0v) is 10.2. The summed E-state index contributed by atoms with van der Waals surface area (Å²) in [4.78, 5) is 6.46. The standard InChI is InChI=1S/C13H19N3O/c1-3-7-16-8-4-11(5-9-16)12(17)13-14-6-10-15(13)2/h1,6,10-12,17H,4-5,7-9H2,2H3. The topological polar surface area (TPSA) is 41.3 Å². The van der Waals surface area contributed by atoms with Crippen molar-refractivity contribution in [1.29, 1.82) is 0 Å². The molecule has 0 aromatic carbocycles. The molecule has 1 unspecified atom stereocenters. The molecule has 1 fully saturated rings. The average molecular weight is 233 g/mol. The highest BCUT2D eigenvalue weighted by Crippen LogP contribution is 2.29. The Kier molecular flexibility index (Phi) is 3.82. The summed E-state index contributed by atoms with van der Waals surface area (Å²) in [5.41, 5.74) is 0. The van der Waals surface area contributed by atoms with Crippen LogP contribution in [0, 0.1) is 18.3 Å². The van der Waals surface area contributed by atoms with E-state index in [0.717, 1.165) is 31.8 Å². The first kappa shape index (κ1) is 12.2. The highest BCUT2D eigenvalue weighted by molar-refractivity contribution is 4.99. The van der Waals surface area contributed by atoms with Gasteiger partial charge in [-0.15, -0.1) is 6.42 Å². The minimum atomic E-state index is -0.456. The first-order valence-electron chi connectivity index (χ1n) is 6.03. The van der Waals surface area contributed by atoms with Crippen LogP contribution in [0.25, 0.3) is 0 Å². The van der Waals surface area contributed by atoms with E-state index in [0.29, 0.717) is 12.5 Å². The fraction of sp³-hybridized carbons (Fsp3) is 0.615. The lowest BCUT2D eigenvalue weighted by Gasteiger charge is -2.32. The van der Waals surface area contributed by atoms with E-state index < -0.39 is 6.10 Å². The molecular weight excluding hydrogens is 214 g/mol. The Bertz CT molecular complexity index is 399. The lowest BCUT2D eigenvalue weighted by atomic mass is 9.91. The van der Waals surface area contributed by atoms with E-state index in [1.54, 1.807) is 6.20 Å². The van der Waals surface area contributed by atoms with Gasteiger partial charge in [0.15, 0.2) is 0 Å². The SMILES string of the molecule is C#CCN1CCC(C(O)c2nccn2C)CC1. The van der Waals surface area contributed by atoms with Gasteiger partial charge >= 0.3 is 0 Å². The lowest BCUT2D eigenvalue weighted by molar-refractivity contribution is 0.0545. The minimum Gasteiger partial charge on any atom is -0.385 e. The number of likely N-dealkylation sites (tertiary alicyclic amines) is 1. The fourth-order valence-electron chi connectivity index (χ4n) is 2.43. The van der Waals surface area contributed by atoms with Crippen molar-refractivity contribution in [2.75, 3.05) is 19.6 Å². The number of aryl methyl sites for hydroxylation is 1. The number of piperidine rings is 1. The Morgan fingerprint density at radius 3 is 2.82 bits per heavy atom. The summed E-state index contributed by atoms with van der Waals surface area (Å²) in [6.07, 6.45) is 10.4. The molecule has 1 saturated heterocycles. The number of aliphatic hydroxyl groups is 1. The zero-order valence-electron chi connectivity index (χ0n) is 10.2. The van der Waals surface area contributed by atoms with Gasteiger partial charge in [-0.05, 0) is 31.8 Å². The molecular formula is C13H19N3O. The molecule has 4 nitrogen and oxygen atoms in total. The number of nitrogens with zero attached hydrogens (tertiary/aromatic N) is 3. The summed E-state index contributed by atoms with van der Waals surface area (Å²) in [6, 6.07) is 0. The van der Waals surface area contributed by atoms with E-state index in [9.17, 15) is 5.11 Å². The van der Waals surface area contributed by atoms with Crippen molar-refractivity contribution in [2.24, 2.45) is 13.0 Å². The second-order valence-corrected chi connectivity index (χ2v) is 4.66. The van der Waals surface area contributed by atoms with Gasteiger partial charge in [0.1, 0.15) is 11.9 Å². The van der Waals surface area contributed by atoms with E-state index in [1.807, 2.05) is 17.8 Å². The number of aromatic nitrogens is 2. The summed E-state index contributed by atoms with van der Waals surface area (Å²) in [7, 11) is 1.92. The predicted octanol–water partition coefficient (Wildman–Crippen LogP) is 0.799. The monoisotopic (exact) mass is 233 g/mol. The first-order chi connectivity index (χ1) is 8.22. The van der Waals surface area contributed by atoms with Crippen LogP contribution in [0.15, 0.2) is 12.4 Å². The molecule has 0 bridgehead atoms. The number of aliphatic hydroxyl groups excluding tert-OH is 1. The van der Waals surface area contributed by atoms with Crippen LogP contribution in [0.2, 0.25) is 0 Å². The number of rotatable bonds is 3. The molecule has 1 aliphatic rings. The third kappa shape index (κ3) is 2.68. The van der Waals surface area contributed by atoms with Crippen molar-refractivity contribution in [3.05, 3.63) is 18.2 Å². The molecule has 0 amide bonds. The maximum absolute atomic E-state index is 10.3. The second-order valence-electron chi connectivity index (χ2n) is 4.66. The summed E-state index contributed by atoms with van der Waals surface area (Å²) < 4.78 is 1.89. The molecule has 4 heteroatoms. The van der Waals surface area contributed by atoms with Crippen molar-refractivity contribution >= 4 is 0 Å². The van der Waals surface area contributed by atoms with E-state index in [2.05, 4.69) is 15.8 Å². The summed E-state index contributed by atoms with van der Waals surface area (Å²) >= 11 is 0. The highest BCUT2D eigenvalue weighted by atomic mass is 16.3. The van der Waals surface area contributed by atoms with Gasteiger partial charge in [-0.3, -0.25) is 4.90 Å². The van der Waals surface area contributed by atoms with Crippen LogP contribution in [0.4, 0.5) is 0 Å². The average Bonchev–Trinajstić information content (AvgIpc) is 2.76. The Balaban J connectivity index is 1.93. The summed E-state index contributed by atoms with van der Waals surface area (Å²) in [6.45, 7) is 2.65. The zero-order chi connectivity index (χ0) is 12.3. The van der Waals surface area contributed by atoms with Gasteiger partial charge in [-0.25, -0.2) is 4.98 Å². The molecule has 17 heavy (non-hydrogen) atoms. The lowest BCUT2D eigenvalue weighted by Crippen LogP contribution is -2.36. The van der Waals surface area contributed by atoms with Gasteiger partial charge in [-0.2, -0.15) is 0 Å². The third-order valence-corrected chi connectivity index (χ3v) is 3.52. The molecule has 1 N–H and O–H groups in total. The first-order valence-corrected chi connectivity index (χ1v) is 6.03. The maximum Gasteiger partial charge on any atom is 0.137 e. The number of imidazole rings is 1. The van der Waals surface area contributed by atoms with Crippen molar-refractivity contribution in [1.82, 2.24) is 14.5 Å². The normalized spacial score (nSPS) is 20.1. The smallest absolute Gasteiger partial charge is 0.137 e. The minimum absolute atomic E-state index is 0.296. The van der Waals surface area contributed by atoms with Gasteiger partial charge in [0.05, 0.1) is 6.54 Å². The Labute approximate surface area is 102 Å². The second kappa shape index (κ2) is 5.35. The van der Waals surface area contributed by atoms with Crippen LogP contribution in [0.3, 0.4) is 0 Å². The van der Waals surface area contributed by atoms with Crippen molar-refractivity contribution < 1.29 is 5.11 Å². The fourth-order valence-corrected chi connectivity index (χ4v) is 2.43. The Morgan fingerprint density at radius 1 is 1.59 bits per heavy atom. The van der Waals surface area contributed by atoms with Gasteiger partial charge in [-0.1, -0.05) is 5.92 Å². The Morgan fingerprint density at radius 2 is 2.29 bits per heavy atom. The molecule has 2 rings (SSSR count). The van der Waals surface area contributed by atoms with Crippen molar-refractivity contribution in [3.63, 3.8) is 0 Å². The Hall–Kier alpha value is -1.31. The largest absolute Gasteiger partial charge is 0.385 e. The molecule has 0 radical (unpaired) electrons. The highest BCUT2D eigenvalue weighted by Gasteiger charge is 2.27. The molecule has 1 aromatic rings. The molecule has 92 valence electrons. The van der Waals surface area contributed by atoms with Crippen LogP contribution in [-0.2, 0) is 7.05 Å². The number of terminal acetylenes is 1. The van der Waals surface area contributed by atoms with Gasteiger partial charge in [0.25, 0.3) is 0 Å². The van der Waals surface area contributed by atoms with E-state index >= 15 is 0 Å². The van der Waals surface area contributed by atoms with Crippen LogP contribution in [-0.4, -0.2) is 39.2 Å². The molecule has 0 saturated carbocycles. The molecule has 0 aliphatic carbocycles. The van der Waals surface area contributed by atoms with Gasteiger partial charge in [0.2, 0.25) is 0 Å². The quantitative estimate of drug-likeness (QED) is 0.785. The van der Waals surface area contributed by atoms with Gasteiger partial charge < -0.3 is 9.67 Å². The van der Waals surface area contributed by atoms with E-state index in [-0.39, 0.29) is 0 Å². The number of hydrogen-bond acceptors (Lipinski definition) is 3. The van der Waals surface area contributed by atoms with Crippen molar-refractivity contribution in [2.45, 2.75) is 18.9 Å². The molecule has 2 heterocycles. The van der Waals surface area contributed by atoms with Gasteiger partial charge in [0, 0.05) is 19.4 Å². The summed E-state index contributed by atoms with van der Waals surface area (Å²) in [5, 5.41) is 10.3. The predicted molar refractivity (Wildman–Crippen MR) is 66.2 cm³/mol. The number of hydrogen-bond donors (Lipinski definition) is 1. The van der Waals surface area contributed by atoms with Crippen LogP contribution >= 0.6 is 0 Å². The van der Waals surface area contributed by atoms with Crippen LogP contribution in [0.5, 0.6) is 0 Å². The maximum atomic E-state index is 10.3. The summed E-state index contributed by atoms with van der Waals surface area (Å²) in [5.74, 6) is 3.73. The van der Waals surface area contributed by atoms with Crippen LogP contribution in [0.1, 0.15) is 24.8 Å². The van der Waals surface area contributed by atoms with Crippen molar-refractivity contribution in [3.8, 4) is 12.3 Å². The van der Waals surface area contributed by atoms with Crippen LogP contribution < -0.4 is 0 Å². The molecule has 1 aromatic heterocycles. The molecule has 0 spiro atoms. The molecule has 1 atom stereocenters. The molecule has 1 aliphatic heterocycles. The third-order valence-electron chi connectivity index (χ3n) is 3.52.